The molecule has 338 valence electrons. The maximum Gasteiger partial charge on any atom is 0.306 e. The van der Waals surface area contributed by atoms with Gasteiger partial charge < -0.3 is 28.2 Å². The lowest BCUT2D eigenvalue weighted by Crippen LogP contribution is -2.61. The van der Waals surface area contributed by atoms with E-state index in [0.717, 1.165) is 74.8 Å². The maximum atomic E-state index is 13.0. The number of ether oxygens (including phenoxy) is 3. The molecule has 11 heteroatoms. The standard InChI is InChI=1S/C48H84O9Si2/c1-15-58(16-2,17-3)56-42-40-39(31(7)29-33(54-40)41(53-32(8)49)44(11,12)57-59(18-4,19-5)20-6)45(13)27-28-48-30-47(48)26-25-36(55-38(52)24-23-37(50)51)43(9,10)34(47)21-22-35(48)46(42,45)14/h31,33-36,39-42H,15-30H2,1-14H3,(H,50,51)/t31-,33-,34?,35+,36+,39+,40+,41+,42+,45-,46-,47-,48?/m1/s1. The van der Waals surface area contributed by atoms with Crippen LogP contribution in [0, 0.1) is 50.7 Å². The van der Waals surface area contributed by atoms with Crippen LogP contribution in [0.1, 0.15) is 161 Å². The van der Waals surface area contributed by atoms with E-state index >= 15 is 0 Å². The normalized spacial score (nSPS) is 40.4. The average Bonchev–Trinajstić information content (AvgIpc) is 3.81. The van der Waals surface area contributed by atoms with Crippen LogP contribution >= 0.6 is 0 Å². The number of hydrogen-bond donors (Lipinski definition) is 1. The van der Waals surface area contributed by atoms with E-state index in [0.29, 0.717) is 23.7 Å². The minimum atomic E-state index is -2.13. The van der Waals surface area contributed by atoms with Crippen molar-refractivity contribution in [2.75, 3.05) is 0 Å². The number of carbonyl (C=O) groups is 3. The molecule has 6 rings (SSSR count). The summed E-state index contributed by atoms with van der Waals surface area (Å²) in [6, 6.07) is 6.31. The highest BCUT2D eigenvalue weighted by Gasteiger charge is 2.85. The van der Waals surface area contributed by atoms with Crippen molar-refractivity contribution in [3.63, 3.8) is 0 Å². The van der Waals surface area contributed by atoms with E-state index in [9.17, 15) is 19.5 Å². The summed E-state index contributed by atoms with van der Waals surface area (Å²) in [5.74, 6) is -0.0237. The van der Waals surface area contributed by atoms with Crippen molar-refractivity contribution < 1.29 is 42.6 Å². The fourth-order valence-electron chi connectivity index (χ4n) is 16.0. The van der Waals surface area contributed by atoms with Crippen LogP contribution in [0.2, 0.25) is 36.3 Å². The van der Waals surface area contributed by atoms with Gasteiger partial charge in [0.15, 0.2) is 22.7 Å². The van der Waals surface area contributed by atoms with Crippen molar-refractivity contribution in [3.05, 3.63) is 0 Å². The first kappa shape index (κ1) is 47.2. The van der Waals surface area contributed by atoms with Crippen LogP contribution in [0.5, 0.6) is 0 Å². The summed E-state index contributed by atoms with van der Waals surface area (Å²) in [6.07, 6.45) is 7.12. The molecule has 13 atom stereocenters. The smallest absolute Gasteiger partial charge is 0.306 e. The summed E-state index contributed by atoms with van der Waals surface area (Å²) in [5.41, 5.74) is -0.569. The van der Waals surface area contributed by atoms with E-state index < -0.39 is 34.3 Å². The van der Waals surface area contributed by atoms with Crippen molar-refractivity contribution in [1.29, 1.82) is 0 Å². The van der Waals surface area contributed by atoms with Gasteiger partial charge in [0.1, 0.15) is 6.10 Å². The molecular formula is C48H84O9Si2. The Hall–Kier alpha value is -1.28. The first-order valence-corrected chi connectivity index (χ1v) is 29.2. The minimum Gasteiger partial charge on any atom is -0.481 e. The van der Waals surface area contributed by atoms with Gasteiger partial charge >= 0.3 is 17.9 Å². The third kappa shape index (κ3) is 7.28. The molecule has 0 aromatic carbocycles. The SMILES string of the molecule is CC[Si](CC)(CC)O[C@H]1[C@H]2O[C@@H]([C@H](OC(C)=O)C(C)(C)O[Si](CC)(CC)CC)C[C@@H](C)[C@@H]2[C@@]2(C)CCC34C[C@@]35CC[C@H](OC(=O)CCC(=O)O)C(C)(C)C5CC[C@H]4[C@]12C. The molecular weight excluding hydrogens is 777 g/mol. The number of rotatable bonds is 17. The van der Waals surface area contributed by atoms with Gasteiger partial charge in [0.05, 0.1) is 36.8 Å². The molecule has 0 bridgehead atoms. The van der Waals surface area contributed by atoms with Crippen LogP contribution in [-0.2, 0) is 37.4 Å². The first-order valence-electron chi connectivity index (χ1n) is 24.1. The Balaban J connectivity index is 1.38. The van der Waals surface area contributed by atoms with E-state index in [1.807, 2.05) is 0 Å². The Morgan fingerprint density at radius 1 is 0.814 bits per heavy atom. The second-order valence-corrected chi connectivity index (χ2v) is 31.7. The quantitative estimate of drug-likeness (QED) is 0.113. The summed E-state index contributed by atoms with van der Waals surface area (Å²) < 4.78 is 35.5. The maximum absolute atomic E-state index is 13.0. The molecule has 0 aromatic rings. The zero-order valence-electron chi connectivity index (χ0n) is 39.7. The van der Waals surface area contributed by atoms with Crippen LogP contribution in [0.15, 0.2) is 0 Å². The van der Waals surface area contributed by atoms with Crippen molar-refractivity contribution in [2.45, 2.75) is 234 Å². The Kier molecular flexibility index (Phi) is 13.1. The number of carboxylic acid groups (broad SMARTS) is 1. The average molecular weight is 861 g/mol. The van der Waals surface area contributed by atoms with Crippen LogP contribution in [0.25, 0.3) is 0 Å². The second kappa shape index (κ2) is 16.4. The number of fused-ring (bicyclic) bond motifs is 4. The lowest BCUT2D eigenvalue weighted by atomic mass is 9.41. The van der Waals surface area contributed by atoms with Gasteiger partial charge in [-0.3, -0.25) is 14.4 Å². The molecule has 0 amide bonds. The van der Waals surface area contributed by atoms with Crippen LogP contribution in [0.3, 0.4) is 0 Å². The van der Waals surface area contributed by atoms with E-state index in [2.05, 4.69) is 90.0 Å². The lowest BCUT2D eigenvalue weighted by Gasteiger charge is -2.64. The second-order valence-electron chi connectivity index (χ2n) is 22.2. The Bertz CT molecular complexity index is 1560. The van der Waals surface area contributed by atoms with Crippen LogP contribution < -0.4 is 0 Å². The van der Waals surface area contributed by atoms with Gasteiger partial charge in [-0.05, 0) is 141 Å². The summed E-state index contributed by atoms with van der Waals surface area (Å²) in [6.45, 7) is 32.0. The summed E-state index contributed by atoms with van der Waals surface area (Å²) >= 11 is 0. The fraction of sp³-hybridized carbons (Fsp3) is 0.938. The number of carbonyl (C=O) groups excluding carboxylic acids is 2. The van der Waals surface area contributed by atoms with Crippen LogP contribution in [0.4, 0.5) is 0 Å². The third-order valence-corrected chi connectivity index (χ3v) is 29.0. The molecule has 2 unspecified atom stereocenters. The van der Waals surface area contributed by atoms with Crippen molar-refractivity contribution in [3.8, 4) is 0 Å². The van der Waals surface area contributed by atoms with E-state index in [1.54, 1.807) is 0 Å². The number of aliphatic carboxylic acids is 1. The molecule has 0 aromatic heterocycles. The van der Waals surface area contributed by atoms with Crippen molar-refractivity contribution >= 4 is 34.5 Å². The minimum absolute atomic E-state index is 0.0126. The molecule has 1 aliphatic heterocycles. The highest BCUT2D eigenvalue weighted by Crippen LogP contribution is 2.89. The predicted octanol–water partition coefficient (Wildman–Crippen LogP) is 11.3. The molecule has 1 N–H and O–H groups in total. The highest BCUT2D eigenvalue weighted by atomic mass is 28.4. The molecule has 2 spiro atoms. The van der Waals surface area contributed by atoms with E-state index in [-0.39, 0.29) is 76.3 Å². The Labute approximate surface area is 360 Å². The van der Waals surface area contributed by atoms with Gasteiger partial charge in [-0.15, -0.1) is 0 Å². The van der Waals surface area contributed by atoms with Crippen molar-refractivity contribution in [2.24, 2.45) is 50.7 Å². The molecule has 6 fully saturated rings. The molecule has 1 saturated heterocycles. The molecule has 1 heterocycles. The summed E-state index contributed by atoms with van der Waals surface area (Å²) in [7, 11) is -4.20. The molecule has 9 nitrogen and oxygen atoms in total. The van der Waals surface area contributed by atoms with Crippen LogP contribution in [-0.4, -0.2) is 75.8 Å². The Morgan fingerprint density at radius 2 is 1.39 bits per heavy atom. The molecule has 59 heavy (non-hydrogen) atoms. The number of hydrogen-bond acceptors (Lipinski definition) is 8. The third-order valence-electron chi connectivity index (χ3n) is 19.6. The highest BCUT2D eigenvalue weighted by molar-refractivity contribution is 6.74. The molecule has 6 aliphatic rings. The predicted molar refractivity (Wildman–Crippen MR) is 237 cm³/mol. The van der Waals surface area contributed by atoms with E-state index in [1.165, 1.54) is 19.8 Å². The zero-order chi connectivity index (χ0) is 43.8. The first-order chi connectivity index (χ1) is 27.5. The van der Waals surface area contributed by atoms with E-state index in [4.69, 9.17) is 23.1 Å². The van der Waals surface area contributed by atoms with Gasteiger partial charge in [0.2, 0.25) is 0 Å². The molecule has 0 radical (unpaired) electrons. The summed E-state index contributed by atoms with van der Waals surface area (Å²) in [5, 5.41) is 9.20. The van der Waals surface area contributed by atoms with Gasteiger partial charge in [-0.2, -0.15) is 0 Å². The molecule has 5 saturated carbocycles. The largest absolute Gasteiger partial charge is 0.481 e. The van der Waals surface area contributed by atoms with Gasteiger partial charge in [0.25, 0.3) is 0 Å². The van der Waals surface area contributed by atoms with Gasteiger partial charge in [-0.25, -0.2) is 0 Å². The lowest BCUT2D eigenvalue weighted by molar-refractivity contribution is -0.212. The Morgan fingerprint density at radius 3 is 1.95 bits per heavy atom. The van der Waals surface area contributed by atoms with Gasteiger partial charge in [-0.1, -0.05) is 76.2 Å². The zero-order valence-corrected chi connectivity index (χ0v) is 41.7. The topological polar surface area (TPSA) is 118 Å². The monoisotopic (exact) mass is 861 g/mol. The van der Waals surface area contributed by atoms with Crippen molar-refractivity contribution in [1.82, 2.24) is 0 Å². The molecule has 5 aliphatic carbocycles. The number of esters is 2. The fourth-order valence-corrected chi connectivity index (χ4v) is 22.1. The number of carboxylic acids is 1. The van der Waals surface area contributed by atoms with Gasteiger partial charge in [0, 0.05) is 17.8 Å². The summed E-state index contributed by atoms with van der Waals surface area (Å²) in [4.78, 5) is 37.1.